The lowest BCUT2D eigenvalue weighted by atomic mass is 9.32. The Morgan fingerprint density at radius 1 is 0.884 bits per heavy atom. The number of aromatic hydroxyl groups is 1. The van der Waals surface area contributed by atoms with Gasteiger partial charge in [-0.2, -0.15) is 0 Å². The molecule has 11 atom stereocenters. The van der Waals surface area contributed by atoms with Gasteiger partial charge in [-0.15, -0.1) is 0 Å². The minimum atomic E-state index is -0.286. The smallest absolute Gasteiger partial charge is 0.331 e. The molecule has 5 fully saturated rings. The van der Waals surface area contributed by atoms with Crippen molar-refractivity contribution in [3.8, 4) is 5.75 Å². The van der Waals surface area contributed by atoms with Gasteiger partial charge in [0, 0.05) is 11.5 Å². The summed E-state index contributed by atoms with van der Waals surface area (Å²) in [7, 11) is 0. The minimum Gasteiger partial charge on any atom is -0.508 e. The van der Waals surface area contributed by atoms with Crippen LogP contribution in [0.5, 0.6) is 5.75 Å². The monoisotopic (exact) mass is 588 g/mol. The molecule has 0 aromatic heterocycles. The molecule has 0 aliphatic heterocycles. The van der Waals surface area contributed by atoms with Crippen LogP contribution >= 0.6 is 0 Å². The van der Waals surface area contributed by atoms with Crippen LogP contribution in [-0.4, -0.2) is 28.4 Å². The molecular formula is C39H56O4. The molecule has 236 valence electrons. The molecule has 5 saturated carbocycles. The van der Waals surface area contributed by atoms with E-state index in [-0.39, 0.29) is 51.0 Å². The van der Waals surface area contributed by atoms with E-state index in [9.17, 15) is 15.0 Å². The number of aliphatic hydroxyl groups excluding tert-OH is 1. The van der Waals surface area contributed by atoms with E-state index in [0.29, 0.717) is 29.6 Å². The molecule has 4 nitrogen and oxygen atoms in total. The van der Waals surface area contributed by atoms with Crippen LogP contribution in [0.25, 0.3) is 6.08 Å². The van der Waals surface area contributed by atoms with E-state index in [0.717, 1.165) is 37.7 Å². The fourth-order valence-electron chi connectivity index (χ4n) is 12.6. The second-order valence-corrected chi connectivity index (χ2v) is 17.1. The summed E-state index contributed by atoms with van der Waals surface area (Å²) in [5, 5.41) is 21.4. The number of phenolic OH excluding ortho intramolecular Hbond substituents is 1. The molecule has 6 rings (SSSR count). The van der Waals surface area contributed by atoms with Gasteiger partial charge in [-0.3, -0.25) is 0 Å². The zero-order valence-electron chi connectivity index (χ0n) is 27.8. The molecule has 5 aliphatic carbocycles. The Morgan fingerprint density at radius 3 is 2.23 bits per heavy atom. The van der Waals surface area contributed by atoms with E-state index >= 15 is 0 Å². The van der Waals surface area contributed by atoms with Crippen molar-refractivity contribution < 1.29 is 19.7 Å². The number of carbonyl (C=O) groups is 1. The number of esters is 1. The standard InChI is InChI=1S/C39H56O4/c1-24(2)27-17-20-37(6)31(41)23-39(8)28(34(27)37)14-15-30-36(5)21-19-32(35(3,4)29(36)18-22-38(30,39)7)43-33(42)16-11-25-9-12-26(40)13-10-25/h9-13,16,27-32,34,40-41H,1,14-15,17-23H2,2-8H3/t27-,28+,29-,30+,31-,32-,34+,36-,37+,38+,39+/m0/s1. The fraction of sp³-hybridized carbons (Fsp3) is 0.718. The van der Waals surface area contributed by atoms with E-state index in [1.807, 2.05) is 0 Å². The van der Waals surface area contributed by atoms with Crippen molar-refractivity contribution in [3.05, 3.63) is 48.1 Å². The summed E-state index contributed by atoms with van der Waals surface area (Å²) in [6, 6.07) is 6.83. The Labute approximate surface area is 260 Å². The van der Waals surface area contributed by atoms with Gasteiger partial charge in [0.2, 0.25) is 0 Å². The summed E-state index contributed by atoms with van der Waals surface area (Å²) >= 11 is 0. The van der Waals surface area contributed by atoms with E-state index in [1.54, 1.807) is 30.3 Å². The van der Waals surface area contributed by atoms with Crippen LogP contribution in [0.15, 0.2) is 42.5 Å². The highest BCUT2D eigenvalue weighted by atomic mass is 16.5. The number of aliphatic hydroxyl groups is 1. The van der Waals surface area contributed by atoms with E-state index in [4.69, 9.17) is 4.74 Å². The fourth-order valence-corrected chi connectivity index (χ4v) is 12.6. The van der Waals surface area contributed by atoms with E-state index < -0.39 is 0 Å². The lowest BCUT2D eigenvalue weighted by Gasteiger charge is -2.73. The molecule has 5 aliphatic rings. The van der Waals surface area contributed by atoms with Crippen LogP contribution in [-0.2, 0) is 9.53 Å². The largest absolute Gasteiger partial charge is 0.508 e. The molecule has 43 heavy (non-hydrogen) atoms. The molecule has 0 spiro atoms. The maximum atomic E-state index is 13.0. The van der Waals surface area contributed by atoms with Crippen molar-refractivity contribution >= 4 is 12.0 Å². The lowest BCUT2D eigenvalue weighted by molar-refractivity contribution is -0.262. The van der Waals surface area contributed by atoms with Gasteiger partial charge in [0.05, 0.1) is 6.10 Å². The Hall–Kier alpha value is -2.07. The maximum Gasteiger partial charge on any atom is 0.331 e. The summed E-state index contributed by atoms with van der Waals surface area (Å²) in [5.41, 5.74) is 2.55. The minimum absolute atomic E-state index is 0.0127. The number of carbonyl (C=O) groups excluding carboxylic acids is 1. The van der Waals surface area contributed by atoms with Gasteiger partial charge in [0.1, 0.15) is 11.9 Å². The normalized spacial score (nSPS) is 46.7. The van der Waals surface area contributed by atoms with Gasteiger partial charge in [0.25, 0.3) is 0 Å². The van der Waals surface area contributed by atoms with E-state index in [2.05, 4.69) is 55.0 Å². The first-order valence-corrected chi connectivity index (χ1v) is 17.1. The highest BCUT2D eigenvalue weighted by Crippen LogP contribution is 2.77. The second-order valence-electron chi connectivity index (χ2n) is 17.1. The molecule has 0 bridgehead atoms. The van der Waals surface area contributed by atoms with E-state index in [1.165, 1.54) is 37.3 Å². The van der Waals surface area contributed by atoms with Crippen molar-refractivity contribution in [3.63, 3.8) is 0 Å². The van der Waals surface area contributed by atoms with Gasteiger partial charge < -0.3 is 14.9 Å². The Bertz CT molecular complexity index is 1290. The Morgan fingerprint density at radius 2 is 1.56 bits per heavy atom. The van der Waals surface area contributed by atoms with Crippen molar-refractivity contribution in [1.82, 2.24) is 0 Å². The number of hydrogen-bond donors (Lipinski definition) is 2. The number of benzene rings is 1. The number of phenols is 1. The summed E-state index contributed by atoms with van der Waals surface area (Å²) in [6.45, 7) is 21.5. The van der Waals surface area contributed by atoms with Gasteiger partial charge in [-0.25, -0.2) is 4.79 Å². The third-order valence-corrected chi connectivity index (χ3v) is 15.1. The van der Waals surface area contributed by atoms with Crippen molar-refractivity contribution in [2.24, 2.45) is 56.7 Å². The molecule has 1 aromatic carbocycles. The molecule has 0 unspecified atom stereocenters. The average Bonchev–Trinajstić information content (AvgIpc) is 3.30. The van der Waals surface area contributed by atoms with Crippen LogP contribution in [0.3, 0.4) is 0 Å². The average molecular weight is 589 g/mol. The summed E-state index contributed by atoms with van der Waals surface area (Å²) < 4.78 is 6.20. The number of fused-ring (bicyclic) bond motifs is 7. The highest BCUT2D eigenvalue weighted by Gasteiger charge is 2.72. The van der Waals surface area contributed by atoms with Crippen molar-refractivity contribution in [2.45, 2.75) is 118 Å². The number of allylic oxidation sites excluding steroid dienone is 1. The predicted octanol–water partition coefficient (Wildman–Crippen LogP) is 8.97. The predicted molar refractivity (Wildman–Crippen MR) is 173 cm³/mol. The first-order valence-electron chi connectivity index (χ1n) is 17.1. The first kappa shape index (κ1) is 30.9. The van der Waals surface area contributed by atoms with Crippen LogP contribution in [0.1, 0.15) is 112 Å². The van der Waals surface area contributed by atoms with Crippen LogP contribution in [0.4, 0.5) is 0 Å². The van der Waals surface area contributed by atoms with Gasteiger partial charge >= 0.3 is 5.97 Å². The molecule has 4 heteroatoms. The summed E-state index contributed by atoms with van der Waals surface area (Å²) in [5.74, 6) is 2.71. The lowest BCUT2D eigenvalue weighted by Crippen LogP contribution is -2.68. The molecule has 2 N–H and O–H groups in total. The van der Waals surface area contributed by atoms with Crippen molar-refractivity contribution in [2.75, 3.05) is 0 Å². The highest BCUT2D eigenvalue weighted by molar-refractivity contribution is 5.87. The zero-order valence-corrected chi connectivity index (χ0v) is 27.8. The number of hydrogen-bond acceptors (Lipinski definition) is 4. The third-order valence-electron chi connectivity index (χ3n) is 15.1. The number of rotatable bonds is 4. The molecule has 0 amide bonds. The molecule has 0 saturated heterocycles. The summed E-state index contributed by atoms with van der Waals surface area (Å²) in [6.07, 6.45) is 13.0. The van der Waals surface area contributed by atoms with Crippen LogP contribution in [0.2, 0.25) is 0 Å². The number of ether oxygens (including phenoxy) is 1. The first-order chi connectivity index (χ1) is 20.1. The molecule has 0 heterocycles. The molecule has 0 radical (unpaired) electrons. The zero-order chi connectivity index (χ0) is 31.2. The topological polar surface area (TPSA) is 66.8 Å². The molecular weight excluding hydrogens is 532 g/mol. The maximum absolute atomic E-state index is 13.0. The SMILES string of the molecule is C=C(C)[C@@H]1CC[C@@]2(C)[C@H]1[C@H]1CC[C@@H]3[C@@]4(C)CC[C@H](OC(=O)C=Cc5ccc(O)cc5)C(C)(C)[C@@H]4CC[C@@]3(C)[C@]1(C)C[C@@H]2O. The van der Waals surface area contributed by atoms with Crippen molar-refractivity contribution in [1.29, 1.82) is 0 Å². The van der Waals surface area contributed by atoms with Gasteiger partial charge in [-0.05, 0) is 140 Å². The van der Waals surface area contributed by atoms with Crippen LogP contribution < -0.4 is 0 Å². The third kappa shape index (κ3) is 4.43. The Kier molecular flexibility index (Phi) is 7.36. The Balaban J connectivity index is 1.24. The quantitative estimate of drug-likeness (QED) is 0.209. The molecule has 1 aromatic rings. The summed E-state index contributed by atoms with van der Waals surface area (Å²) in [4.78, 5) is 13.0. The van der Waals surface area contributed by atoms with Crippen LogP contribution in [0, 0.1) is 56.7 Å². The second kappa shape index (κ2) is 10.2. The van der Waals surface area contributed by atoms with Gasteiger partial charge in [0.15, 0.2) is 0 Å². The van der Waals surface area contributed by atoms with Gasteiger partial charge in [-0.1, -0.05) is 65.8 Å².